The molecule has 5 heteroatoms. The maximum Gasteiger partial charge on any atom is 0.237 e. The molecule has 1 aromatic heterocycles. The standard InChI is InChI=1S/C10H13BrN2O2/c1-6-5-12-9(15-6)7(2)13-4-3-8(11)10(13)14/h5,7-8H,3-4H2,1-2H3. The second-order valence-corrected chi connectivity index (χ2v) is 4.88. The van der Waals surface area contributed by atoms with Gasteiger partial charge in [-0.25, -0.2) is 4.98 Å². The molecule has 0 bridgehead atoms. The number of rotatable bonds is 2. The Hall–Kier alpha value is -0.840. The summed E-state index contributed by atoms with van der Waals surface area (Å²) in [5.41, 5.74) is 0. The third kappa shape index (κ3) is 1.93. The first-order valence-corrected chi connectivity index (χ1v) is 5.88. The molecule has 0 saturated carbocycles. The smallest absolute Gasteiger partial charge is 0.237 e. The predicted octanol–water partition coefficient (Wildman–Crippen LogP) is 2.04. The molecule has 2 heterocycles. The lowest BCUT2D eigenvalue weighted by Gasteiger charge is -2.21. The van der Waals surface area contributed by atoms with Crippen molar-refractivity contribution >= 4 is 21.8 Å². The van der Waals surface area contributed by atoms with Crippen molar-refractivity contribution < 1.29 is 9.21 Å². The van der Waals surface area contributed by atoms with Crippen molar-refractivity contribution in [3.63, 3.8) is 0 Å². The van der Waals surface area contributed by atoms with Gasteiger partial charge in [0.2, 0.25) is 11.8 Å². The minimum Gasteiger partial charge on any atom is -0.444 e. The van der Waals surface area contributed by atoms with Gasteiger partial charge in [-0.3, -0.25) is 4.79 Å². The number of alkyl halides is 1. The molecular weight excluding hydrogens is 260 g/mol. The molecule has 1 saturated heterocycles. The first-order valence-electron chi connectivity index (χ1n) is 4.96. The van der Waals surface area contributed by atoms with E-state index in [9.17, 15) is 4.79 Å². The van der Waals surface area contributed by atoms with E-state index in [0.717, 1.165) is 18.7 Å². The Balaban J connectivity index is 2.15. The molecule has 2 rings (SSSR count). The van der Waals surface area contributed by atoms with Gasteiger partial charge in [0.1, 0.15) is 11.8 Å². The molecule has 1 fully saturated rings. The number of aryl methyl sites for hydroxylation is 1. The number of hydrogen-bond donors (Lipinski definition) is 0. The Kier molecular flexibility index (Phi) is 2.82. The van der Waals surface area contributed by atoms with Crippen LogP contribution < -0.4 is 0 Å². The SMILES string of the molecule is Cc1cnc(C(C)N2CCC(Br)C2=O)o1. The number of amides is 1. The molecular formula is C10H13BrN2O2. The second kappa shape index (κ2) is 3.96. The molecule has 0 spiro atoms. The minimum absolute atomic E-state index is 0.0454. The third-order valence-corrected chi connectivity index (χ3v) is 3.49. The van der Waals surface area contributed by atoms with Crippen molar-refractivity contribution in [2.75, 3.05) is 6.54 Å². The van der Waals surface area contributed by atoms with Gasteiger partial charge in [-0.1, -0.05) is 15.9 Å². The highest BCUT2D eigenvalue weighted by molar-refractivity contribution is 9.10. The predicted molar refractivity (Wildman–Crippen MR) is 58.7 cm³/mol. The summed E-state index contributed by atoms with van der Waals surface area (Å²) in [6, 6.07) is -0.0752. The molecule has 4 nitrogen and oxygen atoms in total. The Morgan fingerprint density at radius 3 is 2.93 bits per heavy atom. The van der Waals surface area contributed by atoms with Gasteiger partial charge in [0, 0.05) is 6.54 Å². The van der Waals surface area contributed by atoms with E-state index in [-0.39, 0.29) is 16.8 Å². The molecule has 1 aliphatic rings. The highest BCUT2D eigenvalue weighted by atomic mass is 79.9. The molecule has 0 aromatic carbocycles. The zero-order valence-electron chi connectivity index (χ0n) is 8.74. The number of aromatic nitrogens is 1. The first kappa shape index (κ1) is 10.7. The van der Waals surface area contributed by atoms with E-state index in [0.29, 0.717) is 5.89 Å². The van der Waals surface area contributed by atoms with Crippen molar-refractivity contribution in [3.05, 3.63) is 17.8 Å². The first-order chi connectivity index (χ1) is 7.09. The Labute approximate surface area is 96.8 Å². The lowest BCUT2D eigenvalue weighted by Crippen LogP contribution is -2.30. The van der Waals surface area contributed by atoms with Crippen molar-refractivity contribution in [1.29, 1.82) is 0 Å². The van der Waals surface area contributed by atoms with Gasteiger partial charge in [-0.15, -0.1) is 0 Å². The van der Waals surface area contributed by atoms with Gasteiger partial charge in [0.05, 0.1) is 11.0 Å². The van der Waals surface area contributed by atoms with Crippen LogP contribution in [0.25, 0.3) is 0 Å². The second-order valence-electron chi connectivity index (χ2n) is 3.77. The van der Waals surface area contributed by atoms with Crippen LogP contribution >= 0.6 is 15.9 Å². The molecule has 2 unspecified atom stereocenters. The molecule has 2 atom stereocenters. The fourth-order valence-electron chi connectivity index (χ4n) is 1.75. The molecule has 15 heavy (non-hydrogen) atoms. The van der Waals surface area contributed by atoms with Crippen LogP contribution in [-0.4, -0.2) is 27.2 Å². The summed E-state index contributed by atoms with van der Waals surface area (Å²) in [6.07, 6.45) is 2.53. The van der Waals surface area contributed by atoms with E-state index in [1.54, 1.807) is 11.1 Å². The number of carbonyl (C=O) groups excluding carboxylic acids is 1. The van der Waals surface area contributed by atoms with E-state index in [4.69, 9.17) is 4.42 Å². The molecule has 1 aromatic rings. The highest BCUT2D eigenvalue weighted by Crippen LogP contribution is 2.28. The van der Waals surface area contributed by atoms with Gasteiger partial charge in [-0.05, 0) is 20.3 Å². The number of halogens is 1. The van der Waals surface area contributed by atoms with Crippen molar-refractivity contribution in [1.82, 2.24) is 9.88 Å². The van der Waals surface area contributed by atoms with Crippen LogP contribution in [0.3, 0.4) is 0 Å². The largest absolute Gasteiger partial charge is 0.444 e. The summed E-state index contributed by atoms with van der Waals surface area (Å²) in [7, 11) is 0. The zero-order chi connectivity index (χ0) is 11.0. The maximum atomic E-state index is 11.7. The topological polar surface area (TPSA) is 46.3 Å². The van der Waals surface area contributed by atoms with Crippen LogP contribution in [0.2, 0.25) is 0 Å². The van der Waals surface area contributed by atoms with Crippen molar-refractivity contribution in [2.24, 2.45) is 0 Å². The number of likely N-dealkylation sites (tertiary alicyclic amines) is 1. The van der Waals surface area contributed by atoms with Crippen LogP contribution in [0, 0.1) is 6.92 Å². The lowest BCUT2D eigenvalue weighted by molar-refractivity contribution is -0.129. The van der Waals surface area contributed by atoms with E-state index in [1.165, 1.54) is 0 Å². The van der Waals surface area contributed by atoms with Gasteiger partial charge in [0.15, 0.2) is 0 Å². The zero-order valence-corrected chi connectivity index (χ0v) is 10.3. The van der Waals surface area contributed by atoms with E-state index >= 15 is 0 Å². The van der Waals surface area contributed by atoms with Crippen molar-refractivity contribution in [3.8, 4) is 0 Å². The summed E-state index contributed by atoms with van der Waals surface area (Å²) in [5, 5.41) is 0. The average molecular weight is 273 g/mol. The summed E-state index contributed by atoms with van der Waals surface area (Å²) < 4.78 is 5.42. The highest BCUT2D eigenvalue weighted by Gasteiger charge is 2.34. The summed E-state index contributed by atoms with van der Waals surface area (Å²) in [6.45, 7) is 4.55. The minimum atomic E-state index is -0.0752. The summed E-state index contributed by atoms with van der Waals surface area (Å²) in [4.78, 5) is 17.6. The normalized spacial score (nSPS) is 23.5. The number of nitrogens with zero attached hydrogens (tertiary/aromatic N) is 2. The third-order valence-electron chi connectivity index (χ3n) is 2.64. The quantitative estimate of drug-likeness (QED) is 0.775. The Morgan fingerprint density at radius 2 is 2.47 bits per heavy atom. The number of oxazole rings is 1. The van der Waals surface area contributed by atoms with Crippen LogP contribution in [0.1, 0.15) is 31.0 Å². The fraction of sp³-hybridized carbons (Fsp3) is 0.600. The van der Waals surface area contributed by atoms with E-state index in [1.807, 2.05) is 13.8 Å². The summed E-state index contributed by atoms with van der Waals surface area (Å²) >= 11 is 3.35. The van der Waals surface area contributed by atoms with Crippen LogP contribution in [0.4, 0.5) is 0 Å². The average Bonchev–Trinajstić information content (AvgIpc) is 2.75. The number of carbonyl (C=O) groups is 1. The molecule has 1 amide bonds. The summed E-state index contributed by atoms with van der Waals surface area (Å²) in [5.74, 6) is 1.51. The molecule has 82 valence electrons. The van der Waals surface area contributed by atoms with Gasteiger partial charge >= 0.3 is 0 Å². The van der Waals surface area contributed by atoms with E-state index in [2.05, 4.69) is 20.9 Å². The molecule has 0 N–H and O–H groups in total. The van der Waals surface area contributed by atoms with Crippen LogP contribution in [0.5, 0.6) is 0 Å². The van der Waals surface area contributed by atoms with Gasteiger partial charge in [-0.2, -0.15) is 0 Å². The van der Waals surface area contributed by atoms with Gasteiger partial charge < -0.3 is 9.32 Å². The monoisotopic (exact) mass is 272 g/mol. The maximum absolute atomic E-state index is 11.7. The van der Waals surface area contributed by atoms with Gasteiger partial charge in [0.25, 0.3) is 0 Å². The Morgan fingerprint density at radius 1 is 1.73 bits per heavy atom. The molecule has 0 radical (unpaired) electrons. The van der Waals surface area contributed by atoms with Crippen LogP contribution in [-0.2, 0) is 4.79 Å². The van der Waals surface area contributed by atoms with Crippen LogP contribution in [0.15, 0.2) is 10.6 Å². The van der Waals surface area contributed by atoms with Crippen molar-refractivity contribution in [2.45, 2.75) is 31.1 Å². The fourth-order valence-corrected chi connectivity index (χ4v) is 2.22. The Bertz CT molecular complexity index is 377. The lowest BCUT2D eigenvalue weighted by atomic mass is 10.3. The number of hydrogen-bond acceptors (Lipinski definition) is 3. The van der Waals surface area contributed by atoms with E-state index < -0.39 is 0 Å². The molecule has 0 aliphatic carbocycles. The molecule has 1 aliphatic heterocycles.